The molecule has 0 saturated carbocycles. The summed E-state index contributed by atoms with van der Waals surface area (Å²) in [7, 11) is 3.35. The predicted octanol–water partition coefficient (Wildman–Crippen LogP) is 1.52. The van der Waals surface area contributed by atoms with Gasteiger partial charge in [0.2, 0.25) is 5.91 Å². The number of nitro benzene ring substituents is 1. The van der Waals surface area contributed by atoms with Crippen molar-refractivity contribution in [1.29, 1.82) is 0 Å². The van der Waals surface area contributed by atoms with Gasteiger partial charge in [0.1, 0.15) is 0 Å². The Morgan fingerprint density at radius 1 is 1.16 bits per heavy atom. The number of carbonyl (C=O) groups is 2. The van der Waals surface area contributed by atoms with Crippen LogP contribution in [0, 0.1) is 10.1 Å². The summed E-state index contributed by atoms with van der Waals surface area (Å²) in [4.78, 5) is 43.9. The van der Waals surface area contributed by atoms with Gasteiger partial charge in [-0.1, -0.05) is 12.1 Å². The number of guanidine groups is 1. The van der Waals surface area contributed by atoms with Gasteiger partial charge in [-0.05, 0) is 12.5 Å². The highest BCUT2D eigenvalue weighted by molar-refractivity contribution is 14.0. The van der Waals surface area contributed by atoms with Crippen LogP contribution < -0.4 is 5.32 Å². The van der Waals surface area contributed by atoms with Crippen LogP contribution in [0.2, 0.25) is 0 Å². The molecule has 0 bridgehead atoms. The zero-order chi connectivity index (χ0) is 22.1. The molecule has 1 aromatic carbocycles. The molecule has 1 N–H and O–H groups in total. The van der Waals surface area contributed by atoms with Gasteiger partial charge >= 0.3 is 6.09 Å². The van der Waals surface area contributed by atoms with Crippen molar-refractivity contribution in [3.05, 3.63) is 39.9 Å². The average Bonchev–Trinajstić information content (AvgIpc) is 2.74. The van der Waals surface area contributed by atoms with E-state index in [9.17, 15) is 19.7 Å². The molecule has 1 fully saturated rings. The van der Waals surface area contributed by atoms with E-state index < -0.39 is 4.92 Å². The van der Waals surface area contributed by atoms with Gasteiger partial charge in [0, 0.05) is 52.4 Å². The van der Waals surface area contributed by atoms with Crippen molar-refractivity contribution in [3.63, 3.8) is 0 Å². The summed E-state index contributed by atoms with van der Waals surface area (Å²) in [5, 5.41) is 13.9. The summed E-state index contributed by atoms with van der Waals surface area (Å²) in [5.74, 6) is 0.454. The van der Waals surface area contributed by atoms with Crippen molar-refractivity contribution < 1.29 is 19.2 Å². The Morgan fingerprint density at radius 3 is 2.26 bits per heavy atom. The third-order valence-corrected chi connectivity index (χ3v) is 4.56. The van der Waals surface area contributed by atoms with Crippen LogP contribution in [-0.4, -0.2) is 91.0 Å². The van der Waals surface area contributed by atoms with E-state index in [0.29, 0.717) is 45.3 Å². The standard InChI is InChI=1S/C19H28N6O5.HI/c1-4-30-19(27)24-11-9-23(10-12-24)18(21-14-17(26)22(2)3)20-13-15-5-7-16(8-6-15)25(28)29;/h5-8H,4,9-14H2,1-3H3,(H,20,21);1H. The summed E-state index contributed by atoms with van der Waals surface area (Å²) in [5.41, 5.74) is 0.830. The Kier molecular flexibility index (Phi) is 11.0. The lowest BCUT2D eigenvalue weighted by Gasteiger charge is -2.36. The Hall–Kier alpha value is -2.64. The number of benzene rings is 1. The Morgan fingerprint density at radius 2 is 1.74 bits per heavy atom. The van der Waals surface area contributed by atoms with E-state index >= 15 is 0 Å². The van der Waals surface area contributed by atoms with Gasteiger partial charge in [0.15, 0.2) is 5.96 Å². The summed E-state index contributed by atoms with van der Waals surface area (Å²) in [6.07, 6.45) is -0.336. The maximum Gasteiger partial charge on any atom is 0.409 e. The zero-order valence-corrected chi connectivity index (χ0v) is 20.3. The number of carbonyl (C=O) groups excluding carboxylic acids is 2. The number of rotatable bonds is 6. The van der Waals surface area contributed by atoms with Crippen LogP contribution in [0.15, 0.2) is 29.3 Å². The lowest BCUT2D eigenvalue weighted by molar-refractivity contribution is -0.384. The summed E-state index contributed by atoms with van der Waals surface area (Å²) >= 11 is 0. The Bertz CT molecular complexity index is 778. The first kappa shape index (κ1) is 26.4. The SMILES string of the molecule is CCOC(=O)N1CCN(C(=NCc2ccc([N+](=O)[O-])cc2)NCC(=O)N(C)C)CC1.I. The number of likely N-dealkylation sites (N-methyl/N-ethyl adjacent to an activating group) is 1. The Labute approximate surface area is 198 Å². The lowest BCUT2D eigenvalue weighted by atomic mass is 10.2. The molecule has 0 aromatic heterocycles. The van der Waals surface area contributed by atoms with Crippen LogP contribution in [-0.2, 0) is 16.1 Å². The first-order chi connectivity index (χ1) is 14.3. The maximum atomic E-state index is 12.0. The molecular weight excluding hydrogens is 519 g/mol. The number of piperazine rings is 1. The molecule has 2 amide bonds. The molecule has 1 heterocycles. The highest BCUT2D eigenvalue weighted by Crippen LogP contribution is 2.13. The number of amides is 2. The van der Waals surface area contributed by atoms with Crippen LogP contribution in [0.3, 0.4) is 0 Å². The summed E-state index contributed by atoms with van der Waals surface area (Å²) < 4.78 is 5.04. The quantitative estimate of drug-likeness (QED) is 0.188. The van der Waals surface area contributed by atoms with Gasteiger partial charge in [-0.15, -0.1) is 24.0 Å². The van der Waals surface area contributed by atoms with Crippen molar-refractivity contribution in [2.45, 2.75) is 13.5 Å². The fourth-order valence-corrected chi connectivity index (χ4v) is 2.79. The van der Waals surface area contributed by atoms with Gasteiger partial charge in [-0.3, -0.25) is 14.9 Å². The van der Waals surface area contributed by atoms with Crippen LogP contribution in [0.4, 0.5) is 10.5 Å². The van der Waals surface area contributed by atoms with Crippen molar-refractivity contribution in [2.75, 3.05) is 53.4 Å². The minimum atomic E-state index is -0.448. The maximum absolute atomic E-state index is 12.0. The van der Waals surface area contributed by atoms with Crippen molar-refractivity contribution in [1.82, 2.24) is 20.0 Å². The fraction of sp³-hybridized carbons (Fsp3) is 0.526. The van der Waals surface area contributed by atoms with Crippen molar-refractivity contribution in [2.24, 2.45) is 4.99 Å². The van der Waals surface area contributed by atoms with Crippen LogP contribution in [0.5, 0.6) is 0 Å². The molecule has 0 atom stereocenters. The number of nitrogens with one attached hydrogen (secondary N) is 1. The van der Waals surface area contributed by atoms with Crippen molar-refractivity contribution in [3.8, 4) is 0 Å². The normalized spacial score (nSPS) is 13.8. The molecule has 1 saturated heterocycles. The molecule has 2 rings (SSSR count). The largest absolute Gasteiger partial charge is 0.450 e. The van der Waals surface area contributed by atoms with E-state index in [2.05, 4.69) is 10.3 Å². The minimum Gasteiger partial charge on any atom is -0.450 e. The second-order valence-electron chi connectivity index (χ2n) is 6.88. The molecule has 1 aromatic rings. The molecular formula is C19H29IN6O5. The number of nitro groups is 1. The highest BCUT2D eigenvalue weighted by atomic mass is 127. The molecule has 0 unspecified atom stereocenters. The van der Waals surface area contributed by atoms with Crippen molar-refractivity contribution >= 4 is 47.6 Å². The van der Waals surface area contributed by atoms with Gasteiger partial charge in [0.05, 0.1) is 24.6 Å². The van der Waals surface area contributed by atoms with Gasteiger partial charge in [-0.25, -0.2) is 9.79 Å². The number of ether oxygens (including phenoxy) is 1. The molecule has 172 valence electrons. The average molecular weight is 548 g/mol. The van der Waals surface area contributed by atoms with Gasteiger partial charge in [-0.2, -0.15) is 0 Å². The molecule has 11 nitrogen and oxygen atoms in total. The second kappa shape index (κ2) is 12.9. The monoisotopic (exact) mass is 548 g/mol. The van der Waals surface area contributed by atoms with Gasteiger partial charge < -0.3 is 24.8 Å². The molecule has 31 heavy (non-hydrogen) atoms. The summed E-state index contributed by atoms with van der Waals surface area (Å²) in [6.45, 7) is 4.54. The molecule has 0 radical (unpaired) electrons. The molecule has 1 aliphatic rings. The highest BCUT2D eigenvalue weighted by Gasteiger charge is 2.24. The van der Waals surface area contributed by atoms with Gasteiger partial charge in [0.25, 0.3) is 5.69 Å². The number of nitrogens with zero attached hydrogens (tertiary/aromatic N) is 5. The topological polar surface area (TPSA) is 121 Å². The minimum absolute atomic E-state index is 0. The smallest absolute Gasteiger partial charge is 0.409 e. The molecule has 0 aliphatic carbocycles. The van der Waals surface area contributed by atoms with E-state index in [1.54, 1.807) is 38.1 Å². The number of hydrogen-bond acceptors (Lipinski definition) is 6. The predicted molar refractivity (Wildman–Crippen MR) is 127 cm³/mol. The Balaban J connectivity index is 0.00000480. The third-order valence-electron chi connectivity index (χ3n) is 4.56. The number of non-ortho nitro benzene ring substituents is 1. The third kappa shape index (κ3) is 8.19. The van der Waals surface area contributed by atoms with E-state index in [0.717, 1.165) is 5.56 Å². The zero-order valence-electron chi connectivity index (χ0n) is 17.9. The van der Waals surface area contributed by atoms with Crippen LogP contribution in [0.25, 0.3) is 0 Å². The van der Waals surface area contributed by atoms with Crippen LogP contribution >= 0.6 is 24.0 Å². The van der Waals surface area contributed by atoms with E-state index in [4.69, 9.17) is 4.74 Å². The first-order valence-electron chi connectivity index (χ1n) is 9.70. The number of hydrogen-bond donors (Lipinski definition) is 1. The second-order valence-corrected chi connectivity index (χ2v) is 6.88. The molecule has 12 heteroatoms. The number of aliphatic imine (C=N–C) groups is 1. The van der Waals surface area contributed by atoms with E-state index in [1.165, 1.54) is 17.0 Å². The van der Waals surface area contributed by atoms with Crippen LogP contribution in [0.1, 0.15) is 12.5 Å². The molecule has 1 aliphatic heterocycles. The lowest BCUT2D eigenvalue weighted by Crippen LogP contribution is -2.54. The fourth-order valence-electron chi connectivity index (χ4n) is 2.79. The van der Waals surface area contributed by atoms with E-state index in [1.807, 2.05) is 4.90 Å². The first-order valence-corrected chi connectivity index (χ1v) is 9.70. The molecule has 0 spiro atoms. The summed E-state index contributed by atoms with van der Waals surface area (Å²) in [6, 6.07) is 6.18. The van der Waals surface area contributed by atoms with E-state index in [-0.39, 0.29) is 48.2 Å². The number of halogens is 1.